The molecule has 1 aliphatic heterocycles. The summed E-state index contributed by atoms with van der Waals surface area (Å²) >= 11 is 0. The number of hydrogen-bond donors (Lipinski definition) is 0. The summed E-state index contributed by atoms with van der Waals surface area (Å²) in [6.07, 6.45) is 0. The highest BCUT2D eigenvalue weighted by atomic mass is 16.5. The van der Waals surface area contributed by atoms with E-state index in [1.54, 1.807) is 37.4 Å². The van der Waals surface area contributed by atoms with Gasteiger partial charge in [-0.3, -0.25) is 9.59 Å². The van der Waals surface area contributed by atoms with Crippen LogP contribution in [0.1, 0.15) is 15.9 Å². The number of amides is 1. The van der Waals surface area contributed by atoms with Crippen LogP contribution in [0.2, 0.25) is 0 Å². The molecule has 4 nitrogen and oxygen atoms in total. The van der Waals surface area contributed by atoms with E-state index in [0.29, 0.717) is 22.6 Å². The Balaban J connectivity index is 2.01. The summed E-state index contributed by atoms with van der Waals surface area (Å²) in [6.45, 7) is 0.0372. The Morgan fingerprint density at radius 3 is 2.60 bits per heavy atom. The molecule has 3 rings (SSSR count). The number of ketones is 1. The molecular weight excluding hydrogens is 254 g/mol. The number of fused-ring (bicyclic) bond motifs is 1. The maximum Gasteiger partial charge on any atom is 0.264 e. The summed E-state index contributed by atoms with van der Waals surface area (Å²) in [4.78, 5) is 25.5. The first-order valence-electron chi connectivity index (χ1n) is 6.30. The second-order valence-electron chi connectivity index (χ2n) is 4.62. The fourth-order valence-corrected chi connectivity index (χ4v) is 2.17. The molecule has 4 heteroatoms. The third kappa shape index (κ3) is 2.05. The van der Waals surface area contributed by atoms with Crippen LogP contribution in [-0.2, 0) is 4.79 Å². The van der Waals surface area contributed by atoms with Crippen LogP contribution in [0.15, 0.2) is 48.5 Å². The highest BCUT2D eigenvalue weighted by Crippen LogP contribution is 2.32. The van der Waals surface area contributed by atoms with Gasteiger partial charge >= 0.3 is 0 Å². The van der Waals surface area contributed by atoms with Gasteiger partial charge < -0.3 is 9.64 Å². The van der Waals surface area contributed by atoms with Crippen LogP contribution >= 0.6 is 0 Å². The van der Waals surface area contributed by atoms with Gasteiger partial charge in [-0.05, 0) is 18.2 Å². The lowest BCUT2D eigenvalue weighted by atomic mass is 10.0. The van der Waals surface area contributed by atoms with Crippen molar-refractivity contribution in [3.8, 4) is 5.75 Å². The van der Waals surface area contributed by atoms with Gasteiger partial charge in [0.05, 0.1) is 5.69 Å². The number of carbonyl (C=O) groups is 2. The average molecular weight is 267 g/mol. The van der Waals surface area contributed by atoms with E-state index < -0.39 is 0 Å². The fraction of sp³-hybridized carbons (Fsp3) is 0.125. The van der Waals surface area contributed by atoms with E-state index in [0.717, 1.165) is 0 Å². The highest BCUT2D eigenvalue weighted by molar-refractivity contribution is 6.10. The first kappa shape index (κ1) is 12.4. The molecule has 0 saturated carbocycles. The van der Waals surface area contributed by atoms with Crippen LogP contribution in [0.25, 0.3) is 0 Å². The lowest BCUT2D eigenvalue weighted by molar-refractivity contribution is -0.120. The lowest BCUT2D eigenvalue weighted by Crippen LogP contribution is -2.35. The van der Waals surface area contributed by atoms with Crippen LogP contribution in [0, 0.1) is 0 Å². The molecule has 1 amide bonds. The molecule has 0 bridgehead atoms. The van der Waals surface area contributed by atoms with Gasteiger partial charge in [-0.15, -0.1) is 0 Å². The maximum absolute atomic E-state index is 12.4. The summed E-state index contributed by atoms with van der Waals surface area (Å²) < 4.78 is 5.34. The summed E-state index contributed by atoms with van der Waals surface area (Å²) in [7, 11) is 1.68. The Hall–Kier alpha value is -2.62. The van der Waals surface area contributed by atoms with Gasteiger partial charge in [0.1, 0.15) is 5.75 Å². The second-order valence-corrected chi connectivity index (χ2v) is 4.62. The zero-order valence-electron chi connectivity index (χ0n) is 11.0. The summed E-state index contributed by atoms with van der Waals surface area (Å²) in [5.41, 5.74) is 1.79. The van der Waals surface area contributed by atoms with Gasteiger partial charge in [0.15, 0.2) is 12.4 Å². The molecule has 2 aromatic carbocycles. The fourth-order valence-electron chi connectivity index (χ4n) is 2.17. The van der Waals surface area contributed by atoms with Gasteiger partial charge in [-0.1, -0.05) is 30.3 Å². The van der Waals surface area contributed by atoms with Gasteiger partial charge in [0, 0.05) is 18.2 Å². The van der Waals surface area contributed by atoms with Gasteiger partial charge in [0.25, 0.3) is 5.91 Å². The van der Waals surface area contributed by atoms with Crippen molar-refractivity contribution < 1.29 is 14.3 Å². The molecule has 0 unspecified atom stereocenters. The van der Waals surface area contributed by atoms with Crippen molar-refractivity contribution in [1.29, 1.82) is 0 Å². The second kappa shape index (κ2) is 4.81. The minimum Gasteiger partial charge on any atom is -0.482 e. The highest BCUT2D eigenvalue weighted by Gasteiger charge is 2.23. The molecule has 0 fully saturated rings. The monoisotopic (exact) mass is 267 g/mol. The number of ether oxygens (including phenoxy) is 1. The molecule has 0 spiro atoms. The molecular formula is C16H13NO3. The molecule has 2 aromatic rings. The molecule has 0 atom stereocenters. The molecule has 0 radical (unpaired) electrons. The molecule has 0 aliphatic carbocycles. The zero-order valence-corrected chi connectivity index (χ0v) is 11.0. The van der Waals surface area contributed by atoms with Crippen LogP contribution in [0.4, 0.5) is 5.69 Å². The summed E-state index contributed by atoms with van der Waals surface area (Å²) in [6, 6.07) is 14.2. The van der Waals surface area contributed by atoms with Crippen LogP contribution in [-0.4, -0.2) is 25.3 Å². The van der Waals surface area contributed by atoms with Gasteiger partial charge in [-0.2, -0.15) is 0 Å². The third-order valence-electron chi connectivity index (χ3n) is 3.34. The van der Waals surface area contributed by atoms with Crippen LogP contribution in [0.5, 0.6) is 5.75 Å². The van der Waals surface area contributed by atoms with Crippen LogP contribution in [0.3, 0.4) is 0 Å². The molecule has 1 aliphatic rings. The number of benzene rings is 2. The Labute approximate surface area is 116 Å². The van der Waals surface area contributed by atoms with Crippen molar-refractivity contribution >= 4 is 17.4 Å². The number of likely N-dealkylation sites (N-methyl/N-ethyl adjacent to an activating group) is 1. The van der Waals surface area contributed by atoms with E-state index in [1.807, 2.05) is 18.2 Å². The molecule has 1 heterocycles. The standard InChI is InChI=1S/C16H13NO3/c1-17-13-9-12(7-8-14(13)20-10-15(17)18)16(19)11-5-3-2-4-6-11/h2-9H,10H2,1H3. The van der Waals surface area contributed by atoms with Crippen molar-refractivity contribution in [3.05, 3.63) is 59.7 Å². The van der Waals surface area contributed by atoms with Gasteiger partial charge in [0.2, 0.25) is 0 Å². The zero-order chi connectivity index (χ0) is 14.1. The van der Waals surface area contributed by atoms with Gasteiger partial charge in [-0.25, -0.2) is 0 Å². The van der Waals surface area contributed by atoms with E-state index >= 15 is 0 Å². The van der Waals surface area contributed by atoms with E-state index in [4.69, 9.17) is 4.74 Å². The van der Waals surface area contributed by atoms with Crippen molar-refractivity contribution in [2.45, 2.75) is 0 Å². The number of carbonyl (C=O) groups excluding carboxylic acids is 2. The molecule has 0 aromatic heterocycles. The number of hydrogen-bond acceptors (Lipinski definition) is 3. The van der Waals surface area contributed by atoms with Crippen LogP contribution < -0.4 is 9.64 Å². The van der Waals surface area contributed by atoms with Crippen molar-refractivity contribution in [1.82, 2.24) is 0 Å². The predicted octanol–water partition coefficient (Wildman–Crippen LogP) is 2.27. The van der Waals surface area contributed by atoms with E-state index in [2.05, 4.69) is 0 Å². The van der Waals surface area contributed by atoms with E-state index in [9.17, 15) is 9.59 Å². The number of nitrogens with zero attached hydrogens (tertiary/aromatic N) is 1. The molecule has 0 N–H and O–H groups in total. The van der Waals surface area contributed by atoms with Crippen molar-refractivity contribution in [2.24, 2.45) is 0 Å². The SMILES string of the molecule is CN1C(=O)COc2ccc(C(=O)c3ccccc3)cc21. The Bertz CT molecular complexity index is 679. The number of anilines is 1. The molecule has 0 saturated heterocycles. The lowest BCUT2D eigenvalue weighted by Gasteiger charge is -2.26. The topological polar surface area (TPSA) is 46.6 Å². The first-order chi connectivity index (χ1) is 9.66. The summed E-state index contributed by atoms with van der Waals surface area (Å²) in [5.74, 6) is 0.429. The van der Waals surface area contributed by atoms with E-state index in [1.165, 1.54) is 4.90 Å². The van der Waals surface area contributed by atoms with Crippen molar-refractivity contribution in [2.75, 3.05) is 18.6 Å². The summed E-state index contributed by atoms with van der Waals surface area (Å²) in [5, 5.41) is 0. The minimum atomic E-state index is -0.123. The Kier molecular flexibility index (Phi) is 2.99. The number of rotatable bonds is 2. The maximum atomic E-state index is 12.4. The van der Waals surface area contributed by atoms with Crippen molar-refractivity contribution in [3.63, 3.8) is 0 Å². The largest absolute Gasteiger partial charge is 0.482 e. The smallest absolute Gasteiger partial charge is 0.264 e. The van der Waals surface area contributed by atoms with E-state index in [-0.39, 0.29) is 18.3 Å². The Morgan fingerprint density at radius 2 is 1.85 bits per heavy atom. The third-order valence-corrected chi connectivity index (χ3v) is 3.34. The normalized spacial score (nSPS) is 13.7. The quantitative estimate of drug-likeness (QED) is 0.784. The minimum absolute atomic E-state index is 0.0372. The first-order valence-corrected chi connectivity index (χ1v) is 6.30. The molecule has 20 heavy (non-hydrogen) atoms. The Morgan fingerprint density at radius 1 is 1.10 bits per heavy atom. The average Bonchev–Trinajstić information content (AvgIpc) is 2.51. The predicted molar refractivity (Wildman–Crippen MR) is 75.2 cm³/mol. The molecule has 100 valence electrons.